The van der Waals surface area contributed by atoms with Gasteiger partial charge in [-0.2, -0.15) is 0 Å². The molecule has 0 aromatic rings. The molecule has 0 fully saturated rings. The molecule has 0 heterocycles. The van der Waals surface area contributed by atoms with E-state index >= 15 is 0 Å². The molecule has 0 spiro atoms. The fraction of sp³-hybridized carbons (Fsp3) is 0. The second-order valence-corrected chi connectivity index (χ2v) is 3.98. The summed E-state index contributed by atoms with van der Waals surface area (Å²) >= 11 is -6.85. The van der Waals surface area contributed by atoms with Gasteiger partial charge < -0.3 is 0 Å². The molecule has 0 aliphatic heterocycles. The summed E-state index contributed by atoms with van der Waals surface area (Å²) < 4.78 is 38.2. The SMILES string of the molecule is [O]=[Ti]([OH])([OH])([OH])[OH]. The summed E-state index contributed by atoms with van der Waals surface area (Å²) in [5, 5.41) is 0. The molecule has 0 unspecified atom stereocenters. The van der Waals surface area contributed by atoms with Crippen molar-refractivity contribution >= 4 is 0 Å². The zero-order chi connectivity index (χ0) is 5.45. The van der Waals surface area contributed by atoms with Crippen LogP contribution in [-0.2, 0) is 20.2 Å². The molecular formula is H4O5Ti. The van der Waals surface area contributed by atoms with Crippen LogP contribution in [0.15, 0.2) is 0 Å². The van der Waals surface area contributed by atoms with Gasteiger partial charge in [-0.3, -0.25) is 0 Å². The Morgan fingerprint density at radius 1 is 1.00 bits per heavy atom. The van der Waals surface area contributed by atoms with Crippen molar-refractivity contribution in [3.05, 3.63) is 0 Å². The number of rotatable bonds is 0. The fourth-order valence-electron chi connectivity index (χ4n) is 0. The topological polar surface area (TPSA) is 98.0 Å². The monoisotopic (exact) mass is 132 g/mol. The van der Waals surface area contributed by atoms with E-state index in [1.54, 1.807) is 0 Å². The standard InChI is InChI=1S/4H2O.O.Ti/h4*1H2;;/q;;;;;+4/p-4. The molecule has 38 valence electrons. The molecular weight excluding hydrogens is 128 g/mol. The molecule has 0 aliphatic carbocycles. The number of hydrogen-bond acceptors (Lipinski definition) is 1. The normalized spacial score (nSPS) is 14.8. The van der Waals surface area contributed by atoms with E-state index < -0.39 is 16.8 Å². The van der Waals surface area contributed by atoms with Crippen molar-refractivity contribution in [1.82, 2.24) is 0 Å². The van der Waals surface area contributed by atoms with Gasteiger partial charge in [0.05, 0.1) is 0 Å². The Labute approximate surface area is 35.6 Å². The zero-order valence-electron chi connectivity index (χ0n) is 2.70. The van der Waals surface area contributed by atoms with Crippen LogP contribution in [0.25, 0.3) is 0 Å². The third-order valence-corrected chi connectivity index (χ3v) is 0. The van der Waals surface area contributed by atoms with Crippen LogP contribution < -0.4 is 0 Å². The van der Waals surface area contributed by atoms with Crippen LogP contribution in [0.4, 0.5) is 0 Å². The van der Waals surface area contributed by atoms with Gasteiger partial charge in [-0.1, -0.05) is 0 Å². The van der Waals surface area contributed by atoms with E-state index in [2.05, 4.69) is 0 Å². The molecule has 4 N–H and O–H groups in total. The first-order valence-corrected chi connectivity index (χ1v) is 4.53. The van der Waals surface area contributed by atoms with Crippen LogP contribution in [-0.4, -0.2) is 14.8 Å². The van der Waals surface area contributed by atoms with Crippen LogP contribution >= 0.6 is 0 Å². The Balaban J connectivity index is 4.16. The van der Waals surface area contributed by atoms with E-state index in [-0.39, 0.29) is 0 Å². The third kappa shape index (κ3) is 390. The van der Waals surface area contributed by atoms with Crippen molar-refractivity contribution in [2.45, 2.75) is 0 Å². The van der Waals surface area contributed by atoms with Gasteiger partial charge >= 0.3 is 34.9 Å². The summed E-state index contributed by atoms with van der Waals surface area (Å²) in [7, 11) is 0. The minimum absolute atomic E-state index is 6.85. The van der Waals surface area contributed by atoms with E-state index in [0.717, 1.165) is 0 Å². The Bertz CT molecular complexity index is 81.6. The van der Waals surface area contributed by atoms with Crippen molar-refractivity contribution in [2.75, 3.05) is 0 Å². The maximum atomic E-state index is 9.09. The fourth-order valence-corrected chi connectivity index (χ4v) is 0. The third-order valence-electron chi connectivity index (χ3n) is 0. The van der Waals surface area contributed by atoms with E-state index in [0.29, 0.717) is 0 Å². The van der Waals surface area contributed by atoms with Crippen molar-refractivity contribution in [1.29, 1.82) is 0 Å². The first kappa shape index (κ1) is 6.35. The van der Waals surface area contributed by atoms with Crippen molar-refractivity contribution in [2.24, 2.45) is 0 Å². The number of hydrogen-bond donors (Lipinski definition) is 4. The van der Waals surface area contributed by atoms with E-state index in [1.165, 1.54) is 0 Å². The molecule has 5 nitrogen and oxygen atoms in total. The van der Waals surface area contributed by atoms with Gasteiger partial charge in [0.2, 0.25) is 0 Å². The summed E-state index contributed by atoms with van der Waals surface area (Å²) in [6.45, 7) is 0. The molecule has 0 bridgehead atoms. The Hall–Kier alpha value is 0.354. The molecule has 0 saturated carbocycles. The van der Waals surface area contributed by atoms with Crippen LogP contribution in [0.1, 0.15) is 0 Å². The average molecular weight is 132 g/mol. The molecule has 6 heavy (non-hydrogen) atoms. The molecule has 0 aromatic heterocycles. The molecule has 0 aliphatic rings. The van der Waals surface area contributed by atoms with Crippen LogP contribution in [0.3, 0.4) is 0 Å². The van der Waals surface area contributed by atoms with Gasteiger partial charge in [-0.25, -0.2) is 0 Å². The summed E-state index contributed by atoms with van der Waals surface area (Å²) in [5.41, 5.74) is 0. The molecule has 6 heteroatoms. The first-order valence-electron chi connectivity index (χ1n) is 1.10. The van der Waals surface area contributed by atoms with Gasteiger partial charge in [0.1, 0.15) is 0 Å². The maximum absolute atomic E-state index is 9.09. The van der Waals surface area contributed by atoms with Gasteiger partial charge in [0, 0.05) is 0 Å². The van der Waals surface area contributed by atoms with E-state index in [4.69, 9.17) is 18.1 Å². The second kappa shape index (κ2) is 0.947. The van der Waals surface area contributed by atoms with Crippen LogP contribution in [0.2, 0.25) is 0 Å². The van der Waals surface area contributed by atoms with Gasteiger partial charge in [0.25, 0.3) is 0 Å². The molecule has 0 saturated heterocycles. The predicted octanol–water partition coefficient (Wildman–Crippen LogP) is -2.35. The molecule has 0 rings (SSSR count). The molecule has 0 aromatic carbocycles. The quantitative estimate of drug-likeness (QED) is 0.276. The van der Waals surface area contributed by atoms with Crippen molar-refractivity contribution < 1.29 is 34.9 Å². The summed E-state index contributed by atoms with van der Waals surface area (Å²) in [6, 6.07) is 0. The summed E-state index contributed by atoms with van der Waals surface area (Å²) in [4.78, 5) is 0. The van der Waals surface area contributed by atoms with Gasteiger partial charge in [-0.15, -0.1) is 0 Å². The summed E-state index contributed by atoms with van der Waals surface area (Å²) in [6.07, 6.45) is 0. The summed E-state index contributed by atoms with van der Waals surface area (Å²) in [5.74, 6) is 0. The van der Waals surface area contributed by atoms with Gasteiger partial charge in [0.15, 0.2) is 0 Å². The molecule has 0 amide bonds. The second-order valence-electron chi connectivity index (χ2n) is 0.965. The first-order chi connectivity index (χ1) is 2.24. The van der Waals surface area contributed by atoms with Crippen LogP contribution in [0.5, 0.6) is 0 Å². The molecule has 0 atom stereocenters. The van der Waals surface area contributed by atoms with Gasteiger partial charge in [-0.05, 0) is 0 Å². The Morgan fingerprint density at radius 3 is 1.00 bits per heavy atom. The van der Waals surface area contributed by atoms with Crippen LogP contribution in [0, 0.1) is 0 Å². The Kier molecular flexibility index (Phi) is 1.00. The average Bonchev–Trinajstić information content (AvgIpc) is 0.650. The minimum atomic E-state index is -6.85. The van der Waals surface area contributed by atoms with Crippen molar-refractivity contribution in [3.8, 4) is 0 Å². The van der Waals surface area contributed by atoms with E-state index in [9.17, 15) is 0 Å². The van der Waals surface area contributed by atoms with E-state index in [1.807, 2.05) is 0 Å². The molecule has 0 radical (unpaired) electrons. The van der Waals surface area contributed by atoms with Crippen molar-refractivity contribution in [3.63, 3.8) is 0 Å². The zero-order valence-corrected chi connectivity index (χ0v) is 4.26. The Morgan fingerprint density at radius 2 is 1.00 bits per heavy atom. The predicted molar refractivity (Wildman–Crippen MR) is 9.56 cm³/mol.